The highest BCUT2D eigenvalue weighted by Gasteiger charge is 2.24. The number of nitrogens with zero attached hydrogens (tertiary/aromatic N) is 3. The summed E-state index contributed by atoms with van der Waals surface area (Å²) in [6, 6.07) is 9.89. The zero-order valence-corrected chi connectivity index (χ0v) is 16.8. The van der Waals surface area contributed by atoms with Crippen molar-refractivity contribution in [3.05, 3.63) is 48.3 Å². The van der Waals surface area contributed by atoms with Crippen molar-refractivity contribution < 1.29 is 14.3 Å². The molecule has 2 aliphatic heterocycles. The van der Waals surface area contributed by atoms with E-state index in [1.54, 1.807) is 19.5 Å². The molecule has 154 valence electrons. The maximum Gasteiger partial charge on any atom is 0.255 e. The molecule has 1 N–H and O–H groups in total. The molecule has 2 saturated heterocycles. The van der Waals surface area contributed by atoms with E-state index < -0.39 is 0 Å². The molecular formula is C22H28N4O3. The molecule has 29 heavy (non-hydrogen) atoms. The van der Waals surface area contributed by atoms with Gasteiger partial charge in [-0.1, -0.05) is 12.1 Å². The van der Waals surface area contributed by atoms with Gasteiger partial charge in [0.05, 0.1) is 30.2 Å². The first-order chi connectivity index (χ1) is 14.2. The minimum Gasteiger partial charge on any atom is -0.495 e. The summed E-state index contributed by atoms with van der Waals surface area (Å²) in [5.74, 6) is 0.888. The lowest BCUT2D eigenvalue weighted by Crippen LogP contribution is -2.48. The van der Waals surface area contributed by atoms with E-state index in [0.29, 0.717) is 18.7 Å². The van der Waals surface area contributed by atoms with Crippen molar-refractivity contribution in [1.29, 1.82) is 0 Å². The monoisotopic (exact) mass is 396 g/mol. The number of methoxy groups -OCH3 is 1. The van der Waals surface area contributed by atoms with Gasteiger partial charge in [-0.2, -0.15) is 0 Å². The van der Waals surface area contributed by atoms with Gasteiger partial charge >= 0.3 is 0 Å². The van der Waals surface area contributed by atoms with E-state index in [9.17, 15) is 4.79 Å². The highest BCUT2D eigenvalue weighted by Crippen LogP contribution is 2.28. The normalized spacial score (nSPS) is 19.3. The molecule has 1 unspecified atom stereocenters. The predicted octanol–water partition coefficient (Wildman–Crippen LogP) is 2.64. The number of para-hydroxylation sites is 2. The third-order valence-electron chi connectivity index (χ3n) is 5.54. The van der Waals surface area contributed by atoms with Crippen LogP contribution in [0.25, 0.3) is 0 Å². The third-order valence-corrected chi connectivity index (χ3v) is 5.54. The maximum absolute atomic E-state index is 13.0. The Hall–Kier alpha value is -2.80. The van der Waals surface area contributed by atoms with E-state index in [2.05, 4.69) is 21.3 Å². The van der Waals surface area contributed by atoms with Crippen LogP contribution in [0.3, 0.4) is 0 Å². The SMILES string of the molecule is COc1ccccc1N1CCN(C(=O)c2cncc(NCC3CCCO3)c2)CC1. The van der Waals surface area contributed by atoms with Crippen LogP contribution >= 0.6 is 0 Å². The molecule has 1 amide bonds. The number of hydrogen-bond donors (Lipinski definition) is 1. The van der Waals surface area contributed by atoms with Crippen LogP contribution in [0.1, 0.15) is 23.2 Å². The van der Waals surface area contributed by atoms with Gasteiger partial charge in [0.2, 0.25) is 0 Å². The van der Waals surface area contributed by atoms with Crippen LogP contribution < -0.4 is 15.0 Å². The number of anilines is 2. The maximum atomic E-state index is 13.0. The smallest absolute Gasteiger partial charge is 0.255 e. The lowest BCUT2D eigenvalue weighted by Gasteiger charge is -2.36. The van der Waals surface area contributed by atoms with Crippen LogP contribution in [-0.2, 0) is 4.74 Å². The molecule has 2 aliphatic rings. The quantitative estimate of drug-likeness (QED) is 0.810. The Morgan fingerprint density at radius 3 is 2.83 bits per heavy atom. The number of pyridine rings is 1. The van der Waals surface area contributed by atoms with Crippen LogP contribution in [0, 0.1) is 0 Å². The van der Waals surface area contributed by atoms with E-state index in [4.69, 9.17) is 9.47 Å². The molecule has 0 aliphatic carbocycles. The largest absolute Gasteiger partial charge is 0.495 e. The van der Waals surface area contributed by atoms with E-state index in [1.165, 1.54) is 0 Å². The molecule has 2 fully saturated rings. The summed E-state index contributed by atoms with van der Waals surface area (Å²) in [6.45, 7) is 4.47. The summed E-state index contributed by atoms with van der Waals surface area (Å²) in [6.07, 6.45) is 5.84. The summed E-state index contributed by atoms with van der Waals surface area (Å²) in [7, 11) is 1.69. The topological polar surface area (TPSA) is 66.9 Å². The van der Waals surface area contributed by atoms with Crippen molar-refractivity contribution in [2.45, 2.75) is 18.9 Å². The van der Waals surface area contributed by atoms with E-state index in [1.807, 2.05) is 29.2 Å². The van der Waals surface area contributed by atoms with Crippen LogP contribution in [0.15, 0.2) is 42.7 Å². The first kappa shape index (κ1) is 19.5. The zero-order chi connectivity index (χ0) is 20.1. The number of carbonyl (C=O) groups excluding carboxylic acids is 1. The van der Waals surface area contributed by atoms with Crippen LogP contribution in [0.4, 0.5) is 11.4 Å². The lowest BCUT2D eigenvalue weighted by atomic mass is 10.2. The number of piperazine rings is 1. The number of nitrogens with one attached hydrogen (secondary N) is 1. The highest BCUT2D eigenvalue weighted by atomic mass is 16.5. The second-order valence-electron chi connectivity index (χ2n) is 7.43. The van der Waals surface area contributed by atoms with Gasteiger partial charge < -0.3 is 24.6 Å². The minimum absolute atomic E-state index is 0.0259. The molecule has 7 heteroatoms. The molecule has 1 aromatic carbocycles. The Kier molecular flexibility index (Phi) is 6.14. The number of ether oxygens (including phenoxy) is 2. The second-order valence-corrected chi connectivity index (χ2v) is 7.43. The van der Waals surface area contributed by atoms with Crippen molar-refractivity contribution >= 4 is 17.3 Å². The molecule has 4 rings (SSSR count). The second kappa shape index (κ2) is 9.13. The molecule has 0 spiro atoms. The Morgan fingerprint density at radius 2 is 2.07 bits per heavy atom. The third kappa shape index (κ3) is 4.62. The van der Waals surface area contributed by atoms with Gasteiger partial charge in [0.1, 0.15) is 5.75 Å². The Morgan fingerprint density at radius 1 is 1.24 bits per heavy atom. The van der Waals surface area contributed by atoms with Crippen molar-refractivity contribution in [3.63, 3.8) is 0 Å². The molecule has 1 aromatic heterocycles. The number of benzene rings is 1. The fraction of sp³-hybridized carbons (Fsp3) is 0.455. The average Bonchev–Trinajstić information content (AvgIpc) is 3.31. The zero-order valence-electron chi connectivity index (χ0n) is 16.8. The Balaban J connectivity index is 1.35. The van der Waals surface area contributed by atoms with Gasteiger partial charge in [-0.3, -0.25) is 9.78 Å². The molecule has 1 atom stereocenters. The predicted molar refractivity (Wildman–Crippen MR) is 113 cm³/mol. The fourth-order valence-electron chi connectivity index (χ4n) is 3.91. The van der Waals surface area contributed by atoms with Crippen molar-refractivity contribution in [2.75, 3.05) is 56.7 Å². The standard InChI is InChI=1S/C22H28N4O3/c1-28-21-7-3-2-6-20(21)25-8-10-26(11-9-25)22(27)17-13-18(15-23-14-17)24-16-19-5-4-12-29-19/h2-3,6-7,13-15,19,24H,4-5,8-12,16H2,1H3. The van der Waals surface area contributed by atoms with Gasteiger partial charge in [0, 0.05) is 51.7 Å². The van der Waals surface area contributed by atoms with E-state index in [0.717, 1.165) is 56.2 Å². The summed E-state index contributed by atoms with van der Waals surface area (Å²) in [5, 5.41) is 3.35. The molecular weight excluding hydrogens is 368 g/mol. The van der Waals surface area contributed by atoms with Crippen molar-refractivity contribution in [1.82, 2.24) is 9.88 Å². The summed E-state index contributed by atoms with van der Waals surface area (Å²) in [4.78, 5) is 21.4. The molecule has 3 heterocycles. The number of carbonyl (C=O) groups is 1. The van der Waals surface area contributed by atoms with Gasteiger partial charge in [-0.15, -0.1) is 0 Å². The van der Waals surface area contributed by atoms with Crippen LogP contribution in [0.5, 0.6) is 5.75 Å². The first-order valence-corrected chi connectivity index (χ1v) is 10.2. The fourth-order valence-corrected chi connectivity index (χ4v) is 3.91. The van der Waals surface area contributed by atoms with Crippen molar-refractivity contribution in [2.24, 2.45) is 0 Å². The minimum atomic E-state index is 0.0259. The summed E-state index contributed by atoms with van der Waals surface area (Å²) in [5.41, 5.74) is 2.55. The van der Waals surface area contributed by atoms with Gasteiger partial charge in [0.15, 0.2) is 0 Å². The number of hydrogen-bond acceptors (Lipinski definition) is 6. The number of rotatable bonds is 6. The average molecular weight is 396 g/mol. The number of amides is 1. The molecule has 7 nitrogen and oxygen atoms in total. The van der Waals surface area contributed by atoms with Gasteiger partial charge in [-0.05, 0) is 31.0 Å². The van der Waals surface area contributed by atoms with Crippen LogP contribution in [-0.4, -0.2) is 68.3 Å². The number of aromatic nitrogens is 1. The van der Waals surface area contributed by atoms with Crippen LogP contribution in [0.2, 0.25) is 0 Å². The van der Waals surface area contributed by atoms with E-state index >= 15 is 0 Å². The Labute approximate surface area is 171 Å². The lowest BCUT2D eigenvalue weighted by molar-refractivity contribution is 0.0746. The highest BCUT2D eigenvalue weighted by molar-refractivity contribution is 5.95. The van der Waals surface area contributed by atoms with Crippen molar-refractivity contribution in [3.8, 4) is 5.75 Å². The Bertz CT molecular complexity index is 830. The molecule has 0 radical (unpaired) electrons. The molecule has 0 bridgehead atoms. The molecule has 2 aromatic rings. The van der Waals surface area contributed by atoms with E-state index in [-0.39, 0.29) is 12.0 Å². The molecule has 0 saturated carbocycles. The van der Waals surface area contributed by atoms with Gasteiger partial charge in [0.25, 0.3) is 5.91 Å². The van der Waals surface area contributed by atoms with Gasteiger partial charge in [-0.25, -0.2) is 0 Å². The first-order valence-electron chi connectivity index (χ1n) is 10.2. The summed E-state index contributed by atoms with van der Waals surface area (Å²) < 4.78 is 11.1. The summed E-state index contributed by atoms with van der Waals surface area (Å²) >= 11 is 0.